The molecular formula is C16H23BrN2O. The third kappa shape index (κ3) is 3.41. The minimum Gasteiger partial charge on any atom is -0.336 e. The Morgan fingerprint density at radius 1 is 1.45 bits per heavy atom. The second-order valence-electron chi connectivity index (χ2n) is 5.77. The van der Waals surface area contributed by atoms with Crippen molar-refractivity contribution >= 4 is 21.8 Å². The van der Waals surface area contributed by atoms with Crippen LogP contribution in [0.15, 0.2) is 28.7 Å². The van der Waals surface area contributed by atoms with Gasteiger partial charge in [-0.15, -0.1) is 0 Å². The Morgan fingerprint density at radius 2 is 2.20 bits per heavy atom. The smallest absolute Gasteiger partial charge is 0.223 e. The third-order valence-electron chi connectivity index (χ3n) is 4.17. The maximum absolute atomic E-state index is 12.5. The fourth-order valence-electron chi connectivity index (χ4n) is 3.09. The molecule has 1 unspecified atom stereocenters. The van der Waals surface area contributed by atoms with E-state index in [2.05, 4.69) is 39.1 Å². The molecule has 0 aromatic heterocycles. The summed E-state index contributed by atoms with van der Waals surface area (Å²) in [5, 5.41) is 3.22. The van der Waals surface area contributed by atoms with Crippen LogP contribution in [0.1, 0.15) is 31.7 Å². The predicted octanol–water partition coefficient (Wildman–Crippen LogP) is 2.98. The number of rotatable bonds is 5. The molecule has 1 fully saturated rings. The molecule has 1 aromatic rings. The zero-order valence-electron chi connectivity index (χ0n) is 12.3. The van der Waals surface area contributed by atoms with Crippen molar-refractivity contribution in [1.29, 1.82) is 0 Å². The normalized spacial score (nSPS) is 22.2. The number of hydrogen-bond donors (Lipinski definition) is 1. The van der Waals surface area contributed by atoms with E-state index in [1.165, 1.54) is 5.56 Å². The molecule has 1 aromatic carbocycles. The van der Waals surface area contributed by atoms with E-state index in [4.69, 9.17) is 0 Å². The number of hydrogen-bond acceptors (Lipinski definition) is 2. The van der Waals surface area contributed by atoms with Gasteiger partial charge in [0, 0.05) is 24.0 Å². The largest absolute Gasteiger partial charge is 0.336 e. The summed E-state index contributed by atoms with van der Waals surface area (Å²) in [5.74, 6) is 0.274. The number of likely N-dealkylation sites (N-methyl/N-ethyl adjacent to an activating group) is 1. The molecule has 1 saturated heterocycles. The lowest BCUT2D eigenvalue weighted by Crippen LogP contribution is -2.50. The number of carbonyl (C=O) groups excluding carboxylic acids is 1. The van der Waals surface area contributed by atoms with E-state index in [1.54, 1.807) is 0 Å². The van der Waals surface area contributed by atoms with Crippen LogP contribution in [0.4, 0.5) is 0 Å². The highest BCUT2D eigenvalue weighted by atomic mass is 79.9. The lowest BCUT2D eigenvalue weighted by molar-refractivity contribution is -0.134. The van der Waals surface area contributed by atoms with Gasteiger partial charge in [-0.2, -0.15) is 0 Å². The van der Waals surface area contributed by atoms with Gasteiger partial charge in [0.15, 0.2) is 0 Å². The van der Waals surface area contributed by atoms with Crippen LogP contribution in [0, 0.1) is 0 Å². The molecule has 1 amide bonds. The van der Waals surface area contributed by atoms with Gasteiger partial charge in [0.25, 0.3) is 0 Å². The first-order chi connectivity index (χ1) is 9.57. The summed E-state index contributed by atoms with van der Waals surface area (Å²) in [6.45, 7) is 3.95. The van der Waals surface area contributed by atoms with Gasteiger partial charge in [-0.1, -0.05) is 34.1 Å². The topological polar surface area (TPSA) is 32.3 Å². The van der Waals surface area contributed by atoms with E-state index in [1.807, 2.05) is 25.2 Å². The summed E-state index contributed by atoms with van der Waals surface area (Å²) in [6.07, 6.45) is 3.59. The van der Waals surface area contributed by atoms with Gasteiger partial charge in [0.05, 0.1) is 5.54 Å². The molecule has 1 aliphatic rings. The minimum atomic E-state index is -0.0141. The second kappa shape index (κ2) is 6.72. The molecule has 0 bridgehead atoms. The lowest BCUT2D eigenvalue weighted by atomic mass is 9.98. The molecule has 1 aliphatic heterocycles. The number of halogens is 1. The third-order valence-corrected chi connectivity index (χ3v) is 4.95. The van der Waals surface area contributed by atoms with Crippen LogP contribution in [-0.4, -0.2) is 36.5 Å². The van der Waals surface area contributed by atoms with Gasteiger partial charge in [-0.3, -0.25) is 4.79 Å². The molecule has 0 aliphatic carbocycles. The number of benzene rings is 1. The Labute approximate surface area is 129 Å². The number of nitrogens with one attached hydrogen (secondary N) is 1. The SMILES string of the molecule is CNCC1(C)CCCN1C(=O)CCc1ccccc1Br. The molecule has 2 rings (SSSR count). The summed E-state index contributed by atoms with van der Waals surface area (Å²) >= 11 is 3.54. The molecule has 0 radical (unpaired) electrons. The van der Waals surface area contributed by atoms with E-state index in [0.29, 0.717) is 6.42 Å². The van der Waals surface area contributed by atoms with Crippen molar-refractivity contribution in [1.82, 2.24) is 10.2 Å². The highest BCUT2D eigenvalue weighted by molar-refractivity contribution is 9.10. The van der Waals surface area contributed by atoms with Crippen molar-refractivity contribution in [2.75, 3.05) is 20.1 Å². The Morgan fingerprint density at radius 3 is 2.90 bits per heavy atom. The zero-order chi connectivity index (χ0) is 14.6. The van der Waals surface area contributed by atoms with Crippen molar-refractivity contribution in [2.24, 2.45) is 0 Å². The number of aryl methyl sites for hydroxylation is 1. The monoisotopic (exact) mass is 338 g/mol. The molecule has 20 heavy (non-hydrogen) atoms. The van der Waals surface area contributed by atoms with E-state index in [0.717, 1.165) is 36.8 Å². The number of likely N-dealkylation sites (tertiary alicyclic amines) is 1. The van der Waals surface area contributed by atoms with Gasteiger partial charge in [-0.05, 0) is 44.9 Å². The Bertz CT molecular complexity index is 477. The maximum atomic E-state index is 12.5. The Hall–Kier alpha value is -0.870. The molecule has 0 saturated carbocycles. The quantitative estimate of drug-likeness (QED) is 0.895. The van der Waals surface area contributed by atoms with E-state index in [9.17, 15) is 4.79 Å². The zero-order valence-corrected chi connectivity index (χ0v) is 13.9. The molecular weight excluding hydrogens is 316 g/mol. The maximum Gasteiger partial charge on any atom is 0.223 e. The van der Waals surface area contributed by atoms with Crippen molar-refractivity contribution in [3.05, 3.63) is 34.3 Å². The predicted molar refractivity (Wildman–Crippen MR) is 85.7 cm³/mol. The summed E-state index contributed by atoms with van der Waals surface area (Å²) in [4.78, 5) is 14.6. The van der Waals surface area contributed by atoms with Crippen LogP contribution >= 0.6 is 15.9 Å². The van der Waals surface area contributed by atoms with Crippen LogP contribution in [0.5, 0.6) is 0 Å². The van der Waals surface area contributed by atoms with Crippen molar-refractivity contribution in [3.63, 3.8) is 0 Å². The first-order valence-corrected chi connectivity index (χ1v) is 8.04. The fraction of sp³-hybridized carbons (Fsp3) is 0.562. The van der Waals surface area contributed by atoms with E-state index >= 15 is 0 Å². The minimum absolute atomic E-state index is 0.0141. The molecule has 4 heteroatoms. The van der Waals surface area contributed by atoms with Crippen molar-refractivity contribution in [3.8, 4) is 0 Å². The summed E-state index contributed by atoms with van der Waals surface area (Å²) < 4.78 is 1.09. The first kappa shape index (κ1) is 15.5. The first-order valence-electron chi connectivity index (χ1n) is 7.25. The van der Waals surface area contributed by atoms with Crippen LogP contribution in [0.3, 0.4) is 0 Å². The second-order valence-corrected chi connectivity index (χ2v) is 6.62. The fourth-order valence-corrected chi connectivity index (χ4v) is 3.57. The Kier molecular flexibility index (Phi) is 5.22. The average molecular weight is 339 g/mol. The summed E-state index contributed by atoms with van der Waals surface area (Å²) in [6, 6.07) is 8.13. The van der Waals surface area contributed by atoms with Crippen molar-refractivity contribution in [2.45, 2.75) is 38.1 Å². The van der Waals surface area contributed by atoms with Gasteiger partial charge < -0.3 is 10.2 Å². The molecule has 1 atom stereocenters. The number of amides is 1. The summed E-state index contributed by atoms with van der Waals surface area (Å²) in [7, 11) is 1.95. The van der Waals surface area contributed by atoms with E-state index in [-0.39, 0.29) is 11.4 Å². The van der Waals surface area contributed by atoms with Gasteiger partial charge in [0.1, 0.15) is 0 Å². The van der Waals surface area contributed by atoms with Gasteiger partial charge in [-0.25, -0.2) is 0 Å². The summed E-state index contributed by atoms with van der Waals surface area (Å²) in [5.41, 5.74) is 1.19. The Balaban J connectivity index is 1.97. The molecule has 1 N–H and O–H groups in total. The molecule has 0 spiro atoms. The molecule has 1 heterocycles. The number of carbonyl (C=O) groups is 1. The molecule has 110 valence electrons. The van der Waals surface area contributed by atoms with Crippen LogP contribution in [0.2, 0.25) is 0 Å². The standard InChI is InChI=1S/C16H23BrN2O/c1-16(12-18-2)10-5-11-19(16)15(20)9-8-13-6-3-4-7-14(13)17/h3-4,6-7,18H,5,8-12H2,1-2H3. The average Bonchev–Trinajstić information content (AvgIpc) is 2.80. The van der Waals surface area contributed by atoms with Gasteiger partial charge >= 0.3 is 0 Å². The lowest BCUT2D eigenvalue weighted by Gasteiger charge is -2.35. The van der Waals surface area contributed by atoms with Crippen molar-refractivity contribution < 1.29 is 4.79 Å². The molecule has 3 nitrogen and oxygen atoms in total. The van der Waals surface area contributed by atoms with Crippen LogP contribution in [-0.2, 0) is 11.2 Å². The number of nitrogens with zero attached hydrogens (tertiary/aromatic N) is 1. The van der Waals surface area contributed by atoms with E-state index < -0.39 is 0 Å². The highest BCUT2D eigenvalue weighted by Gasteiger charge is 2.38. The van der Waals surface area contributed by atoms with Crippen LogP contribution < -0.4 is 5.32 Å². The highest BCUT2D eigenvalue weighted by Crippen LogP contribution is 2.29. The van der Waals surface area contributed by atoms with Crippen LogP contribution in [0.25, 0.3) is 0 Å². The van der Waals surface area contributed by atoms with Gasteiger partial charge in [0.2, 0.25) is 5.91 Å².